The number of ether oxygens (including phenoxy) is 4. The van der Waals surface area contributed by atoms with Crippen LogP contribution in [-0.2, 0) is 39.8 Å². The monoisotopic (exact) mass is 766 g/mol. The molecule has 0 saturated carbocycles. The summed E-state index contributed by atoms with van der Waals surface area (Å²) in [6.07, 6.45) is -4.67. The number of Topliss-reactive ketones (excluding diaryl/α,β-unsaturated/α-hetero) is 1. The zero-order valence-corrected chi connectivity index (χ0v) is 33.7. The largest absolute Gasteiger partial charge is 0.459 e. The Labute approximate surface area is 320 Å². The second-order valence-corrected chi connectivity index (χ2v) is 16.0. The first kappa shape index (κ1) is 45.8. The van der Waals surface area contributed by atoms with Crippen LogP contribution >= 0.6 is 0 Å². The quantitative estimate of drug-likeness (QED) is 0.0997. The maximum atomic E-state index is 14.3. The van der Waals surface area contributed by atoms with Gasteiger partial charge in [0.2, 0.25) is 5.91 Å². The number of hydrogen-bond donors (Lipinski definition) is 6. The van der Waals surface area contributed by atoms with Crippen molar-refractivity contribution in [2.75, 3.05) is 33.8 Å². The fourth-order valence-electron chi connectivity index (χ4n) is 7.61. The van der Waals surface area contributed by atoms with Gasteiger partial charge in [-0.3, -0.25) is 19.4 Å². The first-order chi connectivity index (χ1) is 25.2. The average Bonchev–Trinajstić information content (AvgIpc) is 3.12. The van der Waals surface area contributed by atoms with Crippen molar-refractivity contribution in [2.45, 2.75) is 147 Å². The van der Waals surface area contributed by atoms with Crippen molar-refractivity contribution in [3.63, 3.8) is 0 Å². The van der Waals surface area contributed by atoms with Crippen LogP contribution in [0.3, 0.4) is 0 Å². The number of pyridine rings is 1. The number of hydrogen-bond acceptors (Lipinski definition) is 14. The van der Waals surface area contributed by atoms with Gasteiger partial charge in [-0.05, 0) is 80.1 Å². The molecule has 0 aromatic carbocycles. The molecule has 1 aromatic heterocycles. The Morgan fingerprint density at radius 3 is 2.39 bits per heavy atom. The Hall–Kier alpha value is -2.60. The van der Waals surface area contributed by atoms with Crippen molar-refractivity contribution in [3.8, 4) is 0 Å². The number of likely N-dealkylation sites (N-methyl/N-ethyl adjacent to an activating group) is 1. The van der Waals surface area contributed by atoms with E-state index in [0.29, 0.717) is 19.4 Å². The lowest BCUT2D eigenvalue weighted by molar-refractivity contribution is -0.298. The van der Waals surface area contributed by atoms with Crippen LogP contribution in [0.2, 0.25) is 0 Å². The van der Waals surface area contributed by atoms with Crippen LogP contribution < -0.4 is 10.6 Å². The summed E-state index contributed by atoms with van der Waals surface area (Å²) >= 11 is 0. The van der Waals surface area contributed by atoms with Gasteiger partial charge in [-0.15, -0.1) is 0 Å². The van der Waals surface area contributed by atoms with E-state index < -0.39 is 89.5 Å². The van der Waals surface area contributed by atoms with Gasteiger partial charge in [-0.1, -0.05) is 26.8 Å². The summed E-state index contributed by atoms with van der Waals surface area (Å²) in [7, 11) is 3.68. The number of aromatic nitrogens is 1. The number of rotatable bonds is 12. The summed E-state index contributed by atoms with van der Waals surface area (Å²) in [5, 5.41) is 51.3. The van der Waals surface area contributed by atoms with Crippen LogP contribution in [0.4, 0.5) is 0 Å². The van der Waals surface area contributed by atoms with E-state index in [1.165, 1.54) is 20.8 Å². The fourth-order valence-corrected chi connectivity index (χ4v) is 7.61. The van der Waals surface area contributed by atoms with Crippen molar-refractivity contribution in [2.24, 2.45) is 17.8 Å². The molecule has 1 amide bonds. The smallest absolute Gasteiger partial charge is 0.316 e. The highest BCUT2D eigenvalue weighted by molar-refractivity contribution is 6.00. The first-order valence-electron chi connectivity index (χ1n) is 19.3. The Morgan fingerprint density at radius 2 is 1.78 bits per heavy atom. The van der Waals surface area contributed by atoms with Gasteiger partial charge >= 0.3 is 5.97 Å². The van der Waals surface area contributed by atoms with Gasteiger partial charge in [0.05, 0.1) is 42.5 Å². The van der Waals surface area contributed by atoms with E-state index in [1.807, 2.05) is 44.1 Å². The molecule has 15 nitrogen and oxygen atoms in total. The summed E-state index contributed by atoms with van der Waals surface area (Å²) in [4.78, 5) is 47.6. The van der Waals surface area contributed by atoms with E-state index in [4.69, 9.17) is 18.9 Å². The van der Waals surface area contributed by atoms with Gasteiger partial charge in [-0.2, -0.15) is 0 Å². The van der Waals surface area contributed by atoms with Gasteiger partial charge in [0, 0.05) is 49.4 Å². The number of nitrogens with one attached hydrogen (secondary N) is 2. The molecule has 2 saturated heterocycles. The Balaban J connectivity index is 2.02. The molecule has 54 heavy (non-hydrogen) atoms. The van der Waals surface area contributed by atoms with Gasteiger partial charge in [0.25, 0.3) is 0 Å². The third kappa shape index (κ3) is 11.7. The van der Waals surface area contributed by atoms with Crippen molar-refractivity contribution < 1.29 is 53.8 Å². The van der Waals surface area contributed by atoms with E-state index in [0.717, 1.165) is 5.69 Å². The van der Waals surface area contributed by atoms with Crippen LogP contribution in [0.15, 0.2) is 24.4 Å². The Morgan fingerprint density at radius 1 is 1.09 bits per heavy atom. The summed E-state index contributed by atoms with van der Waals surface area (Å²) in [6.45, 7) is 13.2. The normalized spacial score (nSPS) is 38.3. The van der Waals surface area contributed by atoms with Gasteiger partial charge in [0.15, 0.2) is 12.1 Å². The number of aliphatic hydroxyl groups is 4. The number of esters is 1. The number of nitrogens with zero attached hydrogens (tertiary/aromatic N) is 2. The van der Waals surface area contributed by atoms with Crippen LogP contribution in [0.25, 0.3) is 0 Å². The predicted molar refractivity (Wildman–Crippen MR) is 200 cm³/mol. The van der Waals surface area contributed by atoms with Gasteiger partial charge < -0.3 is 54.9 Å². The number of ketones is 1. The minimum absolute atomic E-state index is 0.0337. The summed E-state index contributed by atoms with van der Waals surface area (Å²) in [6, 6.07) is 4.67. The molecule has 2 aliphatic rings. The molecule has 2 fully saturated rings. The summed E-state index contributed by atoms with van der Waals surface area (Å²) < 4.78 is 25.0. The standard InChI is InChI=1S/C39H66N4O11/c1-11-30-39(8,50)33(47)26(6)35(48)42-22(2)19-38(7,51-21-28(44)20-40-17-15-27-14-12-13-16-41-27)34(24(4)31(45)25(5)36(49)53-30)54-37-32(46)29(43(9)10)18-23(3)52-37/h12-14,16,22-26,28-30,32-34,37,40,44,46-47,50H,11,15,17-21H2,1-10H3,(H,42,48)/t22-,23-,24+,25-,26-,28?,29+,30-,32-,33-,34-,37+,38-,39-/m1/s1. The Kier molecular flexibility index (Phi) is 17.0. The molecule has 3 rings (SSSR count). The van der Waals surface area contributed by atoms with E-state index in [2.05, 4.69) is 15.6 Å². The zero-order chi connectivity index (χ0) is 40.5. The zero-order valence-electron chi connectivity index (χ0n) is 33.7. The molecule has 0 radical (unpaired) electrons. The van der Waals surface area contributed by atoms with E-state index in [9.17, 15) is 34.8 Å². The van der Waals surface area contributed by atoms with Crippen molar-refractivity contribution in [3.05, 3.63) is 30.1 Å². The van der Waals surface area contributed by atoms with Crippen molar-refractivity contribution >= 4 is 17.7 Å². The number of cyclic esters (lactones) is 1. The second-order valence-electron chi connectivity index (χ2n) is 16.0. The molecule has 3 heterocycles. The molecule has 6 N–H and O–H groups in total. The first-order valence-corrected chi connectivity index (χ1v) is 19.3. The molecule has 1 aromatic rings. The van der Waals surface area contributed by atoms with E-state index in [1.54, 1.807) is 33.9 Å². The molecule has 0 aliphatic carbocycles. The number of amides is 1. The molecule has 308 valence electrons. The molecule has 14 atom stereocenters. The van der Waals surface area contributed by atoms with E-state index >= 15 is 0 Å². The number of aliphatic hydroxyl groups excluding tert-OH is 3. The molecule has 2 aliphatic heterocycles. The molecular formula is C39H66N4O11. The van der Waals surface area contributed by atoms with E-state index in [-0.39, 0.29) is 38.1 Å². The SMILES string of the molecule is CC[C@H]1OC(=O)[C@H](C)C(=O)[C@H](C)[C@@H](O[C@@H]2O[C@H](C)C[C@H](N(C)C)[C@H]2O)[C@](C)(OCC(O)CNCCc2ccccn2)C[C@@H](C)NC(=O)[C@H](C)[C@@H](O)[C@]1(C)O. The third-order valence-corrected chi connectivity index (χ3v) is 11.0. The maximum absolute atomic E-state index is 14.3. The van der Waals surface area contributed by atoms with Crippen LogP contribution in [0.1, 0.15) is 80.3 Å². The molecule has 0 spiro atoms. The predicted octanol–water partition coefficient (Wildman–Crippen LogP) is 0.981. The molecule has 0 bridgehead atoms. The van der Waals surface area contributed by atoms with Gasteiger partial charge in [-0.25, -0.2) is 0 Å². The Bertz CT molecular complexity index is 1350. The molecular weight excluding hydrogens is 700 g/mol. The van der Waals surface area contributed by atoms with Crippen LogP contribution in [0, 0.1) is 17.8 Å². The minimum atomic E-state index is -2.03. The maximum Gasteiger partial charge on any atom is 0.316 e. The fraction of sp³-hybridized carbons (Fsp3) is 0.795. The summed E-state index contributed by atoms with van der Waals surface area (Å²) in [5.74, 6) is -5.60. The lowest BCUT2D eigenvalue weighted by Crippen LogP contribution is -2.60. The highest BCUT2D eigenvalue weighted by Crippen LogP contribution is 2.36. The van der Waals surface area contributed by atoms with Crippen molar-refractivity contribution in [1.82, 2.24) is 20.5 Å². The topological polar surface area (TPSA) is 209 Å². The molecule has 1 unspecified atom stereocenters. The third-order valence-electron chi connectivity index (χ3n) is 11.0. The van der Waals surface area contributed by atoms with Gasteiger partial charge in [0.1, 0.15) is 23.7 Å². The van der Waals surface area contributed by atoms with Crippen LogP contribution in [0.5, 0.6) is 0 Å². The average molecular weight is 767 g/mol. The minimum Gasteiger partial charge on any atom is -0.459 e. The van der Waals surface area contributed by atoms with Crippen LogP contribution in [-0.4, -0.2) is 148 Å². The van der Waals surface area contributed by atoms with Crippen molar-refractivity contribution in [1.29, 1.82) is 0 Å². The highest BCUT2D eigenvalue weighted by Gasteiger charge is 2.51. The lowest BCUT2D eigenvalue weighted by atomic mass is 9.79. The summed E-state index contributed by atoms with van der Waals surface area (Å²) in [5.41, 5.74) is -2.57. The molecule has 15 heteroatoms. The highest BCUT2D eigenvalue weighted by atomic mass is 16.7. The second kappa shape index (κ2) is 20.0. The number of carbonyl (C=O) groups excluding carboxylic acids is 3. The lowest BCUT2D eigenvalue weighted by Gasteiger charge is -2.47. The number of carbonyl (C=O) groups is 3.